The Bertz CT molecular complexity index is 953. The molecule has 0 saturated heterocycles. The Kier molecular flexibility index (Phi) is 4.89. The van der Waals surface area contributed by atoms with Gasteiger partial charge in [-0.05, 0) is 54.6 Å². The van der Waals surface area contributed by atoms with Crippen molar-refractivity contribution in [3.8, 4) is 0 Å². The van der Waals surface area contributed by atoms with E-state index in [0.29, 0.717) is 12.5 Å². The van der Waals surface area contributed by atoms with Crippen LogP contribution in [0.4, 0.5) is 5.82 Å². The average Bonchev–Trinajstić information content (AvgIpc) is 2.98. The third-order valence-electron chi connectivity index (χ3n) is 4.80. The van der Waals surface area contributed by atoms with Crippen molar-refractivity contribution in [1.29, 1.82) is 0 Å². The third kappa shape index (κ3) is 3.32. The molecule has 0 aromatic carbocycles. The number of allylic oxidation sites excluding steroid dienone is 1. The largest absolute Gasteiger partial charge is 0.365 e. The summed E-state index contributed by atoms with van der Waals surface area (Å²) in [6.07, 6.45) is 9.84. The number of thiophene rings is 1. The van der Waals surface area contributed by atoms with E-state index in [1.54, 1.807) is 23.7 Å². The summed E-state index contributed by atoms with van der Waals surface area (Å²) in [6, 6.07) is 4.10. The van der Waals surface area contributed by atoms with Crippen LogP contribution in [0, 0.1) is 6.92 Å². The summed E-state index contributed by atoms with van der Waals surface area (Å²) in [5.41, 5.74) is 9.60. The second-order valence-electron chi connectivity index (χ2n) is 6.53. The molecule has 5 nitrogen and oxygen atoms in total. The summed E-state index contributed by atoms with van der Waals surface area (Å²) in [6.45, 7) is 2.76. The lowest BCUT2D eigenvalue weighted by Gasteiger charge is -2.24. The molecule has 0 bridgehead atoms. The summed E-state index contributed by atoms with van der Waals surface area (Å²) in [5, 5.41) is 3.66. The van der Waals surface area contributed by atoms with E-state index in [9.17, 15) is 0 Å². The Balaban J connectivity index is 1.72. The Morgan fingerprint density at radius 3 is 2.77 bits per heavy atom. The monoisotopic (exact) mass is 385 g/mol. The van der Waals surface area contributed by atoms with Gasteiger partial charge in [0.15, 0.2) is 0 Å². The standard InChI is InChI=1S/C19H20ClN5S/c1-11-15-17(26-16(11)13-4-2-3-5-14(13)21)18(25-19(20)24-15)23-10-12-6-8-22-9-7-12/h2-3,6-9,13-14H,4-5,10,21H2,1H3,(H,23,24,25)/t13-,14-/m0/s1. The molecule has 1 aliphatic rings. The van der Waals surface area contributed by atoms with Crippen LogP contribution in [-0.2, 0) is 6.54 Å². The second-order valence-corrected chi connectivity index (χ2v) is 7.92. The molecule has 3 N–H and O–H groups in total. The first-order valence-corrected chi connectivity index (χ1v) is 9.83. The Morgan fingerprint density at radius 2 is 2.00 bits per heavy atom. The number of pyridine rings is 1. The van der Waals surface area contributed by atoms with E-state index in [0.717, 1.165) is 40.0 Å². The molecule has 26 heavy (non-hydrogen) atoms. The van der Waals surface area contributed by atoms with Crippen molar-refractivity contribution in [2.24, 2.45) is 5.73 Å². The second kappa shape index (κ2) is 7.31. The topological polar surface area (TPSA) is 76.7 Å². The smallest absolute Gasteiger partial charge is 0.224 e. The highest BCUT2D eigenvalue weighted by atomic mass is 35.5. The van der Waals surface area contributed by atoms with Gasteiger partial charge in [0.25, 0.3) is 0 Å². The highest BCUT2D eigenvalue weighted by Crippen LogP contribution is 2.42. The lowest BCUT2D eigenvalue weighted by molar-refractivity contribution is 0.526. The molecule has 7 heteroatoms. The molecule has 134 valence electrons. The lowest BCUT2D eigenvalue weighted by Crippen LogP contribution is -2.29. The number of rotatable bonds is 4. The molecule has 0 unspecified atom stereocenters. The zero-order chi connectivity index (χ0) is 18.1. The predicted molar refractivity (Wildman–Crippen MR) is 108 cm³/mol. The number of nitrogens with zero attached hydrogens (tertiary/aromatic N) is 3. The van der Waals surface area contributed by atoms with E-state index in [2.05, 4.69) is 39.3 Å². The molecule has 0 aliphatic heterocycles. The van der Waals surface area contributed by atoms with Gasteiger partial charge in [-0.1, -0.05) is 12.2 Å². The zero-order valence-electron chi connectivity index (χ0n) is 14.4. The van der Waals surface area contributed by atoms with Crippen molar-refractivity contribution in [2.45, 2.75) is 38.3 Å². The van der Waals surface area contributed by atoms with Gasteiger partial charge < -0.3 is 11.1 Å². The van der Waals surface area contributed by atoms with Crippen LogP contribution >= 0.6 is 22.9 Å². The predicted octanol–water partition coefficient (Wildman–Crippen LogP) is 4.42. The van der Waals surface area contributed by atoms with E-state index in [4.69, 9.17) is 17.3 Å². The van der Waals surface area contributed by atoms with Crippen molar-refractivity contribution < 1.29 is 0 Å². The van der Waals surface area contributed by atoms with E-state index < -0.39 is 0 Å². The highest BCUT2D eigenvalue weighted by molar-refractivity contribution is 7.20. The fourth-order valence-corrected chi connectivity index (χ4v) is 4.94. The number of hydrogen-bond acceptors (Lipinski definition) is 6. The summed E-state index contributed by atoms with van der Waals surface area (Å²) in [7, 11) is 0. The number of aromatic nitrogens is 3. The molecule has 3 aromatic heterocycles. The summed E-state index contributed by atoms with van der Waals surface area (Å²) in [4.78, 5) is 14.3. The van der Waals surface area contributed by atoms with Gasteiger partial charge in [0.05, 0.1) is 10.2 Å². The number of hydrogen-bond donors (Lipinski definition) is 2. The lowest BCUT2D eigenvalue weighted by atomic mass is 9.87. The fraction of sp³-hybridized carbons (Fsp3) is 0.316. The molecular formula is C19H20ClN5S. The molecule has 0 fully saturated rings. The van der Waals surface area contributed by atoms with Crippen LogP contribution < -0.4 is 11.1 Å². The minimum atomic E-state index is 0.142. The molecule has 4 rings (SSSR count). The summed E-state index contributed by atoms with van der Waals surface area (Å²) < 4.78 is 1.04. The molecule has 2 atom stereocenters. The van der Waals surface area contributed by atoms with Gasteiger partial charge in [-0.25, -0.2) is 4.98 Å². The first-order valence-electron chi connectivity index (χ1n) is 8.63. The number of halogens is 1. The van der Waals surface area contributed by atoms with Gasteiger partial charge in [0.2, 0.25) is 5.28 Å². The van der Waals surface area contributed by atoms with Gasteiger partial charge in [0.1, 0.15) is 5.82 Å². The summed E-state index contributed by atoms with van der Waals surface area (Å²) in [5.74, 6) is 1.10. The maximum atomic E-state index is 6.38. The van der Waals surface area contributed by atoms with Gasteiger partial charge in [-0.3, -0.25) is 4.98 Å². The van der Waals surface area contributed by atoms with Gasteiger partial charge >= 0.3 is 0 Å². The number of nitrogens with two attached hydrogens (primary N) is 1. The van der Waals surface area contributed by atoms with Crippen molar-refractivity contribution in [3.05, 3.63) is 58.0 Å². The van der Waals surface area contributed by atoms with Crippen molar-refractivity contribution >= 4 is 39.0 Å². The minimum Gasteiger partial charge on any atom is -0.365 e. The Hall–Kier alpha value is -2.02. The van der Waals surface area contributed by atoms with Crippen LogP contribution in [0.1, 0.15) is 34.8 Å². The average molecular weight is 386 g/mol. The van der Waals surface area contributed by atoms with Crippen LogP contribution in [0.2, 0.25) is 5.28 Å². The van der Waals surface area contributed by atoms with Crippen molar-refractivity contribution in [3.63, 3.8) is 0 Å². The number of anilines is 1. The molecule has 1 aliphatic carbocycles. The van der Waals surface area contributed by atoms with Crippen LogP contribution in [0.3, 0.4) is 0 Å². The zero-order valence-corrected chi connectivity index (χ0v) is 16.0. The van der Waals surface area contributed by atoms with Crippen LogP contribution in [0.15, 0.2) is 36.7 Å². The number of nitrogens with one attached hydrogen (secondary N) is 1. The molecule has 0 saturated carbocycles. The minimum absolute atomic E-state index is 0.142. The van der Waals surface area contributed by atoms with Gasteiger partial charge in [-0.2, -0.15) is 4.98 Å². The van der Waals surface area contributed by atoms with Crippen LogP contribution in [-0.4, -0.2) is 21.0 Å². The molecule has 3 aromatic rings. The van der Waals surface area contributed by atoms with Crippen LogP contribution in [0.5, 0.6) is 0 Å². The molecule has 0 spiro atoms. The number of fused-ring (bicyclic) bond motifs is 1. The van der Waals surface area contributed by atoms with Crippen molar-refractivity contribution in [1.82, 2.24) is 15.0 Å². The maximum Gasteiger partial charge on any atom is 0.224 e. The third-order valence-corrected chi connectivity index (χ3v) is 6.39. The first kappa shape index (κ1) is 17.4. The first-order chi connectivity index (χ1) is 12.6. The molecule has 0 amide bonds. The van der Waals surface area contributed by atoms with Gasteiger partial charge in [-0.15, -0.1) is 11.3 Å². The quantitative estimate of drug-likeness (QED) is 0.513. The van der Waals surface area contributed by atoms with E-state index in [1.165, 1.54) is 4.88 Å². The molecular weight excluding hydrogens is 366 g/mol. The fourth-order valence-electron chi connectivity index (χ4n) is 3.37. The van der Waals surface area contributed by atoms with E-state index in [-0.39, 0.29) is 11.3 Å². The van der Waals surface area contributed by atoms with E-state index in [1.807, 2.05) is 12.1 Å². The Labute approximate surface area is 161 Å². The van der Waals surface area contributed by atoms with Crippen LogP contribution in [0.25, 0.3) is 10.2 Å². The Morgan fingerprint density at radius 1 is 1.23 bits per heavy atom. The maximum absolute atomic E-state index is 6.38. The normalized spacial score (nSPS) is 19.8. The molecule has 0 radical (unpaired) electrons. The van der Waals surface area contributed by atoms with E-state index >= 15 is 0 Å². The van der Waals surface area contributed by atoms with Gasteiger partial charge in [0, 0.05) is 35.8 Å². The number of aryl methyl sites for hydroxylation is 1. The van der Waals surface area contributed by atoms with Crippen molar-refractivity contribution in [2.75, 3.05) is 5.32 Å². The molecule has 3 heterocycles. The summed E-state index contributed by atoms with van der Waals surface area (Å²) >= 11 is 7.93. The SMILES string of the molecule is Cc1c([C@H]2CC=CC[C@@H]2N)sc2c(NCc3ccncc3)nc(Cl)nc12. The highest BCUT2D eigenvalue weighted by Gasteiger charge is 2.26.